The first-order valence-corrected chi connectivity index (χ1v) is 7.20. The van der Waals surface area contributed by atoms with Crippen LogP contribution < -0.4 is 5.73 Å². The van der Waals surface area contributed by atoms with Gasteiger partial charge in [-0.2, -0.15) is 0 Å². The van der Waals surface area contributed by atoms with Gasteiger partial charge in [0.1, 0.15) is 0 Å². The smallest absolute Gasteiger partial charge is 0.0948 e. The summed E-state index contributed by atoms with van der Waals surface area (Å²) in [7, 11) is 0. The molecule has 1 heterocycles. The minimum absolute atomic E-state index is 0.505. The van der Waals surface area contributed by atoms with E-state index < -0.39 is 0 Å². The van der Waals surface area contributed by atoms with Crippen LogP contribution in [0.25, 0.3) is 11.3 Å². The molecule has 0 spiro atoms. The van der Waals surface area contributed by atoms with Crippen molar-refractivity contribution in [2.75, 3.05) is 6.54 Å². The van der Waals surface area contributed by atoms with Crippen molar-refractivity contribution in [3.63, 3.8) is 0 Å². The minimum atomic E-state index is 0.505. The van der Waals surface area contributed by atoms with E-state index in [0.717, 1.165) is 17.1 Å². The number of nitrogens with zero attached hydrogens (tertiary/aromatic N) is 1. The van der Waals surface area contributed by atoms with Gasteiger partial charge in [0.05, 0.1) is 10.7 Å². The van der Waals surface area contributed by atoms with Gasteiger partial charge in [0.15, 0.2) is 0 Å². The molecule has 2 nitrogen and oxygen atoms in total. The fourth-order valence-corrected chi connectivity index (χ4v) is 3.02. The van der Waals surface area contributed by atoms with Crippen LogP contribution in [0, 0.1) is 6.92 Å². The summed E-state index contributed by atoms with van der Waals surface area (Å²) in [6.07, 6.45) is 0.871. The summed E-state index contributed by atoms with van der Waals surface area (Å²) < 4.78 is 0. The molecule has 0 aliphatic heterocycles. The molecule has 1 aromatic heterocycles. The van der Waals surface area contributed by atoms with Crippen molar-refractivity contribution in [1.29, 1.82) is 0 Å². The second kappa shape index (κ2) is 5.63. The van der Waals surface area contributed by atoms with E-state index in [0.29, 0.717) is 12.5 Å². The predicted octanol–water partition coefficient (Wildman–Crippen LogP) is 3.74. The number of hydrogen-bond acceptors (Lipinski definition) is 3. The summed E-state index contributed by atoms with van der Waals surface area (Å²) in [5.41, 5.74) is 9.25. The Bertz CT molecular complexity index is 512. The number of nitrogens with two attached hydrogens (primary N) is 1. The van der Waals surface area contributed by atoms with Crippen LogP contribution in [0.15, 0.2) is 24.3 Å². The van der Waals surface area contributed by atoms with Gasteiger partial charge in [0, 0.05) is 16.9 Å². The summed E-state index contributed by atoms with van der Waals surface area (Å²) >= 11 is 1.80. The van der Waals surface area contributed by atoms with Crippen molar-refractivity contribution in [2.45, 2.75) is 33.1 Å². The Kier molecular flexibility index (Phi) is 4.15. The van der Waals surface area contributed by atoms with E-state index in [1.165, 1.54) is 16.0 Å². The van der Waals surface area contributed by atoms with E-state index in [1.807, 2.05) is 0 Å². The van der Waals surface area contributed by atoms with Crippen molar-refractivity contribution >= 4 is 11.3 Å². The van der Waals surface area contributed by atoms with Gasteiger partial charge < -0.3 is 5.73 Å². The molecule has 0 aliphatic rings. The summed E-state index contributed by atoms with van der Waals surface area (Å²) in [5.74, 6) is 0.505. The van der Waals surface area contributed by atoms with Gasteiger partial charge in [-0.1, -0.05) is 43.7 Å². The molecule has 0 amide bonds. The highest BCUT2D eigenvalue weighted by Gasteiger charge is 2.15. The van der Waals surface area contributed by atoms with Crippen LogP contribution in [0.2, 0.25) is 0 Å². The van der Waals surface area contributed by atoms with E-state index >= 15 is 0 Å². The average molecular weight is 260 g/mol. The zero-order chi connectivity index (χ0) is 13.1. The third-order valence-electron chi connectivity index (χ3n) is 2.91. The van der Waals surface area contributed by atoms with Crippen LogP contribution in [0.1, 0.15) is 35.2 Å². The third kappa shape index (κ3) is 2.79. The zero-order valence-corrected chi connectivity index (χ0v) is 12.1. The Hall–Kier alpha value is -1.19. The van der Waals surface area contributed by atoms with Crippen LogP contribution in [0.5, 0.6) is 0 Å². The van der Waals surface area contributed by atoms with Crippen molar-refractivity contribution in [1.82, 2.24) is 4.98 Å². The SMILES string of the molecule is Cc1ccc(-c2nc(CCN)sc2C(C)C)cc1. The van der Waals surface area contributed by atoms with Crippen molar-refractivity contribution < 1.29 is 0 Å². The predicted molar refractivity (Wildman–Crippen MR) is 79.1 cm³/mol. The standard InChI is InChI=1S/C15H20N2S/c1-10(2)15-14(17-13(18-15)8-9-16)12-6-4-11(3)5-7-12/h4-7,10H,8-9,16H2,1-3H3. The molecule has 2 rings (SSSR count). The number of hydrogen-bond donors (Lipinski definition) is 1. The van der Waals surface area contributed by atoms with Gasteiger partial charge in [-0.15, -0.1) is 11.3 Å². The summed E-state index contributed by atoms with van der Waals surface area (Å²) in [6, 6.07) is 8.59. The Morgan fingerprint density at radius 3 is 2.44 bits per heavy atom. The van der Waals surface area contributed by atoms with Gasteiger partial charge in [-0.3, -0.25) is 0 Å². The van der Waals surface area contributed by atoms with Crippen LogP contribution in [0.3, 0.4) is 0 Å². The normalized spacial score (nSPS) is 11.2. The topological polar surface area (TPSA) is 38.9 Å². The van der Waals surface area contributed by atoms with E-state index in [9.17, 15) is 0 Å². The highest BCUT2D eigenvalue weighted by atomic mass is 32.1. The second-order valence-corrected chi connectivity index (χ2v) is 6.00. The number of rotatable bonds is 4. The van der Waals surface area contributed by atoms with E-state index in [1.54, 1.807) is 11.3 Å². The lowest BCUT2D eigenvalue weighted by atomic mass is 10.0. The molecule has 0 saturated heterocycles. The van der Waals surface area contributed by atoms with E-state index in [2.05, 4.69) is 45.0 Å². The molecule has 0 atom stereocenters. The number of aromatic nitrogens is 1. The molecule has 1 aromatic carbocycles. The number of thiazole rings is 1. The maximum atomic E-state index is 5.62. The molecule has 3 heteroatoms. The number of aryl methyl sites for hydroxylation is 1. The molecule has 2 N–H and O–H groups in total. The number of benzene rings is 1. The van der Waals surface area contributed by atoms with E-state index in [-0.39, 0.29) is 0 Å². The first kappa shape index (κ1) is 13.2. The van der Waals surface area contributed by atoms with Crippen LogP contribution in [-0.4, -0.2) is 11.5 Å². The molecular formula is C15H20N2S. The Morgan fingerprint density at radius 2 is 1.89 bits per heavy atom. The van der Waals surface area contributed by atoms with Gasteiger partial charge in [0.25, 0.3) is 0 Å². The quantitative estimate of drug-likeness (QED) is 0.909. The van der Waals surface area contributed by atoms with Crippen molar-refractivity contribution in [3.05, 3.63) is 39.7 Å². The summed E-state index contributed by atoms with van der Waals surface area (Å²) in [4.78, 5) is 6.12. The minimum Gasteiger partial charge on any atom is -0.330 e. The molecule has 0 aliphatic carbocycles. The molecule has 2 aromatic rings. The fraction of sp³-hybridized carbons (Fsp3) is 0.400. The average Bonchev–Trinajstić information content (AvgIpc) is 2.75. The maximum absolute atomic E-state index is 5.62. The lowest BCUT2D eigenvalue weighted by molar-refractivity contribution is 0.887. The molecule has 0 fully saturated rings. The Labute approximate surface area is 113 Å². The largest absolute Gasteiger partial charge is 0.330 e. The molecular weight excluding hydrogens is 240 g/mol. The first-order chi connectivity index (χ1) is 8.61. The lowest BCUT2D eigenvalue weighted by Gasteiger charge is -2.05. The van der Waals surface area contributed by atoms with Gasteiger partial charge in [0.2, 0.25) is 0 Å². The Balaban J connectivity index is 2.44. The molecule has 18 heavy (non-hydrogen) atoms. The van der Waals surface area contributed by atoms with Gasteiger partial charge in [-0.05, 0) is 19.4 Å². The Morgan fingerprint density at radius 1 is 1.22 bits per heavy atom. The highest BCUT2D eigenvalue weighted by Crippen LogP contribution is 2.34. The zero-order valence-electron chi connectivity index (χ0n) is 11.2. The molecule has 0 radical (unpaired) electrons. The van der Waals surface area contributed by atoms with Crippen LogP contribution in [0.4, 0.5) is 0 Å². The summed E-state index contributed by atoms with van der Waals surface area (Å²) in [5, 5.41) is 1.15. The fourth-order valence-electron chi connectivity index (χ4n) is 1.92. The third-order valence-corrected chi connectivity index (χ3v) is 4.32. The molecule has 0 bridgehead atoms. The molecule has 0 unspecified atom stereocenters. The second-order valence-electron chi connectivity index (χ2n) is 4.88. The van der Waals surface area contributed by atoms with Crippen molar-refractivity contribution in [3.8, 4) is 11.3 Å². The van der Waals surface area contributed by atoms with Gasteiger partial charge in [-0.25, -0.2) is 4.98 Å². The van der Waals surface area contributed by atoms with E-state index in [4.69, 9.17) is 10.7 Å². The highest BCUT2D eigenvalue weighted by molar-refractivity contribution is 7.12. The van der Waals surface area contributed by atoms with Gasteiger partial charge >= 0.3 is 0 Å². The molecule has 0 saturated carbocycles. The molecule has 96 valence electrons. The van der Waals surface area contributed by atoms with Crippen LogP contribution >= 0.6 is 11.3 Å². The lowest BCUT2D eigenvalue weighted by Crippen LogP contribution is -2.01. The summed E-state index contributed by atoms with van der Waals surface area (Å²) in [6.45, 7) is 7.21. The first-order valence-electron chi connectivity index (χ1n) is 6.38. The van der Waals surface area contributed by atoms with Crippen LogP contribution in [-0.2, 0) is 6.42 Å². The maximum Gasteiger partial charge on any atom is 0.0948 e. The monoisotopic (exact) mass is 260 g/mol. The van der Waals surface area contributed by atoms with Crippen molar-refractivity contribution in [2.24, 2.45) is 5.73 Å².